The van der Waals surface area contributed by atoms with Gasteiger partial charge in [-0.15, -0.1) is 0 Å². The van der Waals surface area contributed by atoms with Crippen LogP contribution in [-0.4, -0.2) is 17.6 Å². The molecule has 1 aromatic carbocycles. The highest BCUT2D eigenvalue weighted by Crippen LogP contribution is 2.33. The second-order valence-electron chi connectivity index (χ2n) is 5.39. The van der Waals surface area contributed by atoms with Crippen LogP contribution in [0.2, 0.25) is 0 Å². The van der Waals surface area contributed by atoms with E-state index in [0.717, 1.165) is 22.9 Å². The molecule has 0 amide bonds. The first-order valence-corrected chi connectivity index (χ1v) is 6.79. The summed E-state index contributed by atoms with van der Waals surface area (Å²) in [6.07, 6.45) is 2.82. The Morgan fingerprint density at radius 2 is 2.00 bits per heavy atom. The summed E-state index contributed by atoms with van der Waals surface area (Å²) in [5.74, 6) is -0.243. The summed E-state index contributed by atoms with van der Waals surface area (Å²) < 4.78 is 5.23. The van der Waals surface area contributed by atoms with Crippen LogP contribution in [0.25, 0.3) is 10.9 Å². The predicted molar refractivity (Wildman–Crippen MR) is 77.6 cm³/mol. The molecule has 0 spiro atoms. The molecule has 2 aromatic rings. The van der Waals surface area contributed by atoms with E-state index in [1.807, 2.05) is 25.3 Å². The van der Waals surface area contributed by atoms with Crippen molar-refractivity contribution in [2.24, 2.45) is 0 Å². The Morgan fingerprint density at radius 3 is 2.63 bits per heavy atom. The van der Waals surface area contributed by atoms with E-state index in [4.69, 9.17) is 4.74 Å². The third kappa shape index (κ3) is 2.37. The fraction of sp³-hybridized carbons (Fsp3) is 0.438. The van der Waals surface area contributed by atoms with Gasteiger partial charge in [0.15, 0.2) is 0 Å². The van der Waals surface area contributed by atoms with Crippen molar-refractivity contribution in [2.45, 2.75) is 39.5 Å². The molecule has 0 saturated carbocycles. The highest BCUT2D eigenvalue weighted by Gasteiger charge is 2.27. The molecule has 0 bridgehead atoms. The van der Waals surface area contributed by atoms with Crippen LogP contribution in [0.3, 0.4) is 0 Å². The molecule has 0 aliphatic carbocycles. The van der Waals surface area contributed by atoms with Crippen molar-refractivity contribution in [3.63, 3.8) is 0 Å². The average molecular weight is 259 g/mol. The molecule has 0 radical (unpaired) electrons. The number of hydrogen-bond donors (Lipinski definition) is 1. The van der Waals surface area contributed by atoms with E-state index in [-0.39, 0.29) is 11.4 Å². The summed E-state index contributed by atoms with van der Waals surface area (Å²) in [7, 11) is 0. The van der Waals surface area contributed by atoms with Crippen molar-refractivity contribution < 1.29 is 9.53 Å². The number of benzene rings is 1. The van der Waals surface area contributed by atoms with Crippen molar-refractivity contribution in [1.82, 2.24) is 4.98 Å². The topological polar surface area (TPSA) is 42.1 Å². The van der Waals surface area contributed by atoms with Crippen molar-refractivity contribution in [3.05, 3.63) is 35.5 Å². The average Bonchev–Trinajstić information content (AvgIpc) is 2.85. The zero-order valence-corrected chi connectivity index (χ0v) is 12.0. The first-order chi connectivity index (χ1) is 9.01. The first kappa shape index (κ1) is 13.7. The monoisotopic (exact) mass is 259 g/mol. The highest BCUT2D eigenvalue weighted by atomic mass is 16.5. The molecule has 19 heavy (non-hydrogen) atoms. The van der Waals surface area contributed by atoms with Crippen LogP contribution in [0.4, 0.5) is 0 Å². The zero-order chi connectivity index (χ0) is 14.0. The van der Waals surface area contributed by atoms with Gasteiger partial charge in [0.1, 0.15) is 0 Å². The number of rotatable bonds is 4. The van der Waals surface area contributed by atoms with Crippen molar-refractivity contribution in [3.8, 4) is 0 Å². The van der Waals surface area contributed by atoms with Gasteiger partial charge in [-0.3, -0.25) is 0 Å². The van der Waals surface area contributed by atoms with Gasteiger partial charge in [0, 0.05) is 11.6 Å². The highest BCUT2D eigenvalue weighted by molar-refractivity contribution is 6.04. The molecule has 1 N–H and O–H groups in total. The molecule has 2 rings (SSSR count). The van der Waals surface area contributed by atoms with Gasteiger partial charge in [-0.2, -0.15) is 0 Å². The van der Waals surface area contributed by atoms with Crippen LogP contribution in [0.1, 0.15) is 50.0 Å². The molecule has 0 fully saturated rings. The van der Waals surface area contributed by atoms with Gasteiger partial charge in [-0.05, 0) is 30.4 Å². The summed E-state index contributed by atoms with van der Waals surface area (Å²) in [6, 6.07) is 6.08. The third-order valence-corrected chi connectivity index (χ3v) is 3.82. The SMILES string of the molecule is CCOC(=O)c1c(C(C)(C)CC)ccc2cc[nH]c12. The number of fused-ring (bicyclic) bond motifs is 1. The molecular weight excluding hydrogens is 238 g/mol. The van der Waals surface area contributed by atoms with Crippen LogP contribution >= 0.6 is 0 Å². The number of carbonyl (C=O) groups excluding carboxylic acids is 1. The summed E-state index contributed by atoms with van der Waals surface area (Å²) in [5, 5.41) is 1.04. The molecule has 0 unspecified atom stereocenters. The Balaban J connectivity index is 2.69. The molecule has 1 heterocycles. The van der Waals surface area contributed by atoms with E-state index in [0.29, 0.717) is 12.2 Å². The molecule has 0 saturated heterocycles. The second-order valence-corrected chi connectivity index (χ2v) is 5.39. The molecule has 0 atom stereocenters. The quantitative estimate of drug-likeness (QED) is 0.842. The van der Waals surface area contributed by atoms with Gasteiger partial charge >= 0.3 is 5.97 Å². The minimum Gasteiger partial charge on any atom is -0.462 e. The van der Waals surface area contributed by atoms with E-state index in [1.165, 1.54) is 0 Å². The van der Waals surface area contributed by atoms with Gasteiger partial charge < -0.3 is 9.72 Å². The summed E-state index contributed by atoms with van der Waals surface area (Å²) in [5.41, 5.74) is 2.54. The number of ether oxygens (including phenoxy) is 1. The number of H-pyrrole nitrogens is 1. The number of carbonyl (C=O) groups is 1. The number of nitrogens with one attached hydrogen (secondary N) is 1. The maximum atomic E-state index is 12.3. The smallest absolute Gasteiger partial charge is 0.340 e. The molecule has 1 aromatic heterocycles. The molecule has 3 nitrogen and oxygen atoms in total. The Morgan fingerprint density at radius 1 is 1.26 bits per heavy atom. The van der Waals surface area contributed by atoms with E-state index in [1.54, 1.807) is 0 Å². The first-order valence-electron chi connectivity index (χ1n) is 6.79. The third-order valence-electron chi connectivity index (χ3n) is 3.82. The van der Waals surface area contributed by atoms with Crippen LogP contribution < -0.4 is 0 Å². The molecule has 0 aliphatic heterocycles. The fourth-order valence-electron chi connectivity index (χ4n) is 2.30. The van der Waals surface area contributed by atoms with Crippen LogP contribution in [0, 0.1) is 0 Å². The molecule has 0 aliphatic rings. The number of hydrogen-bond acceptors (Lipinski definition) is 2. The number of aromatic amines is 1. The Hall–Kier alpha value is -1.77. The van der Waals surface area contributed by atoms with E-state index in [2.05, 4.69) is 31.8 Å². The number of esters is 1. The van der Waals surface area contributed by atoms with Gasteiger partial charge in [0.05, 0.1) is 17.7 Å². The molecule has 102 valence electrons. The van der Waals surface area contributed by atoms with Crippen molar-refractivity contribution in [2.75, 3.05) is 6.61 Å². The van der Waals surface area contributed by atoms with Gasteiger partial charge in [-0.1, -0.05) is 32.9 Å². The lowest BCUT2D eigenvalue weighted by atomic mass is 9.79. The lowest BCUT2D eigenvalue weighted by molar-refractivity contribution is 0.0525. The molecular formula is C16H21NO2. The van der Waals surface area contributed by atoms with Crippen LogP contribution in [-0.2, 0) is 10.2 Å². The normalized spacial score (nSPS) is 11.8. The minimum atomic E-state index is -0.243. The van der Waals surface area contributed by atoms with Crippen LogP contribution in [0.5, 0.6) is 0 Å². The summed E-state index contributed by atoms with van der Waals surface area (Å²) in [6.45, 7) is 8.66. The summed E-state index contributed by atoms with van der Waals surface area (Å²) >= 11 is 0. The van der Waals surface area contributed by atoms with Crippen molar-refractivity contribution in [1.29, 1.82) is 0 Å². The van der Waals surface area contributed by atoms with Crippen LogP contribution in [0.15, 0.2) is 24.4 Å². The Labute approximate surface area is 114 Å². The van der Waals surface area contributed by atoms with Crippen molar-refractivity contribution >= 4 is 16.9 Å². The minimum absolute atomic E-state index is 0.0542. The largest absolute Gasteiger partial charge is 0.462 e. The maximum Gasteiger partial charge on any atom is 0.340 e. The Kier molecular flexibility index (Phi) is 3.65. The summed E-state index contributed by atoms with van der Waals surface area (Å²) in [4.78, 5) is 15.5. The fourth-order valence-corrected chi connectivity index (χ4v) is 2.30. The maximum absolute atomic E-state index is 12.3. The van der Waals surface area contributed by atoms with E-state index in [9.17, 15) is 4.79 Å². The number of aromatic nitrogens is 1. The van der Waals surface area contributed by atoms with Gasteiger partial charge in [-0.25, -0.2) is 4.79 Å². The standard InChI is InChI=1S/C16H21NO2/c1-5-16(3,4)12-8-7-11-9-10-17-14(11)13(12)15(18)19-6-2/h7-10,17H,5-6H2,1-4H3. The van der Waals surface area contributed by atoms with Gasteiger partial charge in [0.25, 0.3) is 0 Å². The second kappa shape index (κ2) is 5.08. The zero-order valence-electron chi connectivity index (χ0n) is 12.0. The van der Waals surface area contributed by atoms with E-state index < -0.39 is 0 Å². The predicted octanol–water partition coefficient (Wildman–Crippen LogP) is 4.03. The van der Waals surface area contributed by atoms with Gasteiger partial charge in [0.2, 0.25) is 0 Å². The Bertz CT molecular complexity index is 596. The van der Waals surface area contributed by atoms with E-state index >= 15 is 0 Å². The molecule has 3 heteroatoms. The lowest BCUT2D eigenvalue weighted by Crippen LogP contribution is -2.21. The lowest BCUT2D eigenvalue weighted by Gasteiger charge is -2.26.